The van der Waals surface area contributed by atoms with E-state index >= 15 is 0 Å². The summed E-state index contributed by atoms with van der Waals surface area (Å²) in [5.74, 6) is 0. The molecule has 1 atom stereocenters. The van der Waals surface area contributed by atoms with Gasteiger partial charge in [0.2, 0.25) is 0 Å². The Balaban J connectivity index is 0. The average molecular weight is 103 g/mol. The van der Waals surface area contributed by atoms with Crippen molar-refractivity contribution in [3.05, 3.63) is 0 Å². The van der Waals surface area contributed by atoms with E-state index in [0.717, 1.165) is 0 Å². The van der Waals surface area contributed by atoms with Crippen LogP contribution in [0.25, 0.3) is 0 Å². The van der Waals surface area contributed by atoms with E-state index in [4.69, 9.17) is 10.2 Å². The van der Waals surface area contributed by atoms with Crippen LogP contribution in [0.15, 0.2) is 0 Å². The maximum absolute atomic E-state index is 8.11. The molecule has 0 fully saturated rings. The number of aliphatic hydroxyl groups excluding tert-OH is 2. The van der Waals surface area contributed by atoms with Gasteiger partial charge in [-0.1, -0.05) is 0 Å². The van der Waals surface area contributed by atoms with Crippen LogP contribution in [0.1, 0.15) is 6.92 Å². The molecule has 0 saturated carbocycles. The molecule has 35 valence electrons. The molecule has 0 aromatic heterocycles. The molecule has 3 radical (unpaired) electrons. The van der Waals surface area contributed by atoms with E-state index in [0.29, 0.717) is 0 Å². The van der Waals surface area contributed by atoms with Crippen LogP contribution in [-0.4, -0.2) is 40.3 Å². The zero-order chi connectivity index (χ0) is 4.28. The van der Waals surface area contributed by atoms with Gasteiger partial charge < -0.3 is 10.2 Å². The predicted octanol–water partition coefficient (Wildman–Crippen LogP) is -1.02. The molecule has 0 spiro atoms. The van der Waals surface area contributed by atoms with Crippen molar-refractivity contribution >= 4 is 17.4 Å². The standard InChI is InChI=1S/C3H8O2.Al/c1-3(5)2-4;/h3-5H,2H2,1H3;. The van der Waals surface area contributed by atoms with Gasteiger partial charge in [0.25, 0.3) is 0 Å². The molecule has 2 nitrogen and oxygen atoms in total. The van der Waals surface area contributed by atoms with Crippen molar-refractivity contribution in [1.29, 1.82) is 0 Å². The van der Waals surface area contributed by atoms with Crippen molar-refractivity contribution in [3.63, 3.8) is 0 Å². The van der Waals surface area contributed by atoms with Crippen LogP contribution < -0.4 is 0 Å². The van der Waals surface area contributed by atoms with Gasteiger partial charge in [-0.15, -0.1) is 0 Å². The third kappa shape index (κ3) is 8.82. The fourth-order valence-electron chi connectivity index (χ4n) is 0. The quantitative estimate of drug-likeness (QED) is 0.417. The van der Waals surface area contributed by atoms with Gasteiger partial charge in [0.05, 0.1) is 12.7 Å². The molecule has 2 N–H and O–H groups in total. The van der Waals surface area contributed by atoms with Crippen LogP contribution >= 0.6 is 0 Å². The Morgan fingerprint density at radius 1 is 1.67 bits per heavy atom. The minimum absolute atomic E-state index is 0. The second-order valence-electron chi connectivity index (χ2n) is 1.03. The Labute approximate surface area is 47.9 Å². The van der Waals surface area contributed by atoms with Gasteiger partial charge in [0.1, 0.15) is 0 Å². The lowest BCUT2D eigenvalue weighted by atomic mass is 10.5. The largest absolute Gasteiger partial charge is 0.394 e. The smallest absolute Gasteiger partial charge is 0.0742 e. The lowest BCUT2D eigenvalue weighted by Crippen LogP contribution is -2.03. The van der Waals surface area contributed by atoms with Gasteiger partial charge >= 0.3 is 0 Å². The van der Waals surface area contributed by atoms with Crippen molar-refractivity contribution in [2.24, 2.45) is 0 Å². The second-order valence-corrected chi connectivity index (χ2v) is 1.03. The van der Waals surface area contributed by atoms with Gasteiger partial charge in [-0.3, -0.25) is 0 Å². The predicted molar refractivity (Wildman–Crippen MR) is 24.5 cm³/mol. The van der Waals surface area contributed by atoms with Crippen molar-refractivity contribution in [2.75, 3.05) is 6.61 Å². The number of aliphatic hydroxyl groups is 2. The summed E-state index contributed by atoms with van der Waals surface area (Å²) in [5, 5.41) is 16.0. The molecule has 0 heterocycles. The lowest BCUT2D eigenvalue weighted by molar-refractivity contribution is 0.110. The molecule has 0 bridgehead atoms. The molecule has 0 rings (SSSR count). The molecule has 0 aromatic rings. The van der Waals surface area contributed by atoms with Crippen molar-refractivity contribution < 1.29 is 10.2 Å². The first-order valence-electron chi connectivity index (χ1n) is 1.56. The molecule has 0 amide bonds. The normalized spacial score (nSPS) is 12.5. The first-order valence-corrected chi connectivity index (χ1v) is 1.56. The minimum Gasteiger partial charge on any atom is -0.394 e. The summed E-state index contributed by atoms with van der Waals surface area (Å²) < 4.78 is 0. The highest BCUT2D eigenvalue weighted by Gasteiger charge is 1.83. The van der Waals surface area contributed by atoms with E-state index in [1.165, 1.54) is 6.92 Å². The molecular formula is C3H8AlO2. The topological polar surface area (TPSA) is 40.5 Å². The molecule has 0 aliphatic rings. The Hall–Kier alpha value is 0.452. The van der Waals surface area contributed by atoms with Crippen molar-refractivity contribution in [2.45, 2.75) is 13.0 Å². The second kappa shape index (κ2) is 5.45. The van der Waals surface area contributed by atoms with E-state index in [2.05, 4.69) is 0 Å². The maximum Gasteiger partial charge on any atom is 0.0742 e. The van der Waals surface area contributed by atoms with Crippen LogP contribution in [0.4, 0.5) is 0 Å². The molecule has 0 aliphatic carbocycles. The third-order valence-corrected chi connectivity index (χ3v) is 0.264. The third-order valence-electron chi connectivity index (χ3n) is 0.264. The highest BCUT2D eigenvalue weighted by Crippen LogP contribution is 1.68. The van der Waals surface area contributed by atoms with E-state index in [1.54, 1.807) is 0 Å². The van der Waals surface area contributed by atoms with Gasteiger partial charge in [0, 0.05) is 17.4 Å². The van der Waals surface area contributed by atoms with Gasteiger partial charge in [0.15, 0.2) is 0 Å². The highest BCUT2D eigenvalue weighted by atomic mass is 27.0. The molecule has 6 heavy (non-hydrogen) atoms. The number of hydrogen-bond donors (Lipinski definition) is 2. The van der Waals surface area contributed by atoms with E-state index < -0.39 is 6.10 Å². The summed E-state index contributed by atoms with van der Waals surface area (Å²) in [5.41, 5.74) is 0. The minimum atomic E-state index is -0.560. The molecule has 0 saturated heterocycles. The van der Waals surface area contributed by atoms with Crippen molar-refractivity contribution in [1.82, 2.24) is 0 Å². The molecular weight excluding hydrogens is 95.0 g/mol. The molecule has 0 aliphatic heterocycles. The Morgan fingerprint density at radius 2 is 1.83 bits per heavy atom. The van der Waals surface area contributed by atoms with Crippen LogP contribution in [0, 0.1) is 0 Å². The first-order chi connectivity index (χ1) is 2.27. The van der Waals surface area contributed by atoms with E-state index in [-0.39, 0.29) is 24.0 Å². The average Bonchev–Trinajstić information content (AvgIpc) is 1.38. The lowest BCUT2D eigenvalue weighted by Gasteiger charge is -1.90. The van der Waals surface area contributed by atoms with Crippen molar-refractivity contribution in [3.8, 4) is 0 Å². The molecule has 1 unspecified atom stereocenters. The summed E-state index contributed by atoms with van der Waals surface area (Å²) in [6, 6.07) is 0. The van der Waals surface area contributed by atoms with Crippen LogP contribution in [0.2, 0.25) is 0 Å². The SMILES string of the molecule is CC(O)CO.[Al]. The van der Waals surface area contributed by atoms with E-state index in [1.807, 2.05) is 0 Å². The number of rotatable bonds is 1. The van der Waals surface area contributed by atoms with E-state index in [9.17, 15) is 0 Å². The number of hydrogen-bond acceptors (Lipinski definition) is 2. The fourth-order valence-corrected chi connectivity index (χ4v) is 0. The van der Waals surface area contributed by atoms with Gasteiger partial charge in [-0.25, -0.2) is 0 Å². The van der Waals surface area contributed by atoms with Gasteiger partial charge in [-0.2, -0.15) is 0 Å². The van der Waals surface area contributed by atoms with Gasteiger partial charge in [-0.05, 0) is 6.92 Å². The van der Waals surface area contributed by atoms with Crippen LogP contribution in [0.3, 0.4) is 0 Å². The van der Waals surface area contributed by atoms with Crippen LogP contribution in [-0.2, 0) is 0 Å². The fraction of sp³-hybridized carbons (Fsp3) is 1.00. The summed E-state index contributed by atoms with van der Waals surface area (Å²) in [6.07, 6.45) is -0.560. The maximum atomic E-state index is 8.11. The first kappa shape index (κ1) is 9.68. The Bertz CT molecular complexity index is 22.8. The summed E-state index contributed by atoms with van der Waals surface area (Å²) in [7, 11) is 0. The monoisotopic (exact) mass is 103 g/mol. The summed E-state index contributed by atoms with van der Waals surface area (Å²) in [4.78, 5) is 0. The highest BCUT2D eigenvalue weighted by molar-refractivity contribution is 5.75. The van der Waals surface area contributed by atoms with Crippen LogP contribution in [0.5, 0.6) is 0 Å². The summed E-state index contributed by atoms with van der Waals surface area (Å²) >= 11 is 0. The molecule has 3 heteroatoms. The Kier molecular flexibility index (Phi) is 8.79. The summed E-state index contributed by atoms with van der Waals surface area (Å²) in [6.45, 7) is 1.39. The zero-order valence-corrected chi connectivity index (χ0v) is 4.91. The molecule has 0 aromatic carbocycles. The Morgan fingerprint density at radius 3 is 1.83 bits per heavy atom. The zero-order valence-electron chi connectivity index (χ0n) is 3.76.